The molecule has 52 heavy (non-hydrogen) atoms. The van der Waals surface area contributed by atoms with E-state index in [0.29, 0.717) is 0 Å². The van der Waals surface area contributed by atoms with Gasteiger partial charge in [-0.3, -0.25) is 0 Å². The van der Waals surface area contributed by atoms with Gasteiger partial charge in [-0.05, 0) is 122 Å². The predicted molar refractivity (Wildman–Crippen MR) is 223 cm³/mol. The summed E-state index contributed by atoms with van der Waals surface area (Å²) in [6.45, 7) is 0. The van der Waals surface area contributed by atoms with Crippen LogP contribution in [0, 0.1) is 0 Å². The lowest BCUT2D eigenvalue weighted by atomic mass is 9.79. The quantitative estimate of drug-likeness (QED) is 0.128. The highest BCUT2D eigenvalue weighted by molar-refractivity contribution is 6.22. The number of rotatable bonds is 2. The Bertz CT molecular complexity index is 3010. The maximum atomic E-state index is 2.45. The molecule has 240 valence electrons. The lowest BCUT2D eigenvalue weighted by Crippen LogP contribution is -1.97. The van der Waals surface area contributed by atoms with Crippen LogP contribution in [0.3, 0.4) is 0 Å². The van der Waals surface area contributed by atoms with E-state index in [4.69, 9.17) is 0 Å². The van der Waals surface area contributed by atoms with Crippen molar-refractivity contribution in [2.75, 3.05) is 0 Å². The lowest BCUT2D eigenvalue weighted by molar-refractivity contribution is 1.52. The predicted octanol–water partition coefficient (Wildman–Crippen LogP) is 14.6. The van der Waals surface area contributed by atoms with Crippen molar-refractivity contribution >= 4 is 43.1 Å². The molecule has 0 spiro atoms. The van der Waals surface area contributed by atoms with Crippen LogP contribution in [0.2, 0.25) is 0 Å². The van der Waals surface area contributed by atoms with Gasteiger partial charge in [-0.15, -0.1) is 0 Å². The summed E-state index contributed by atoms with van der Waals surface area (Å²) in [7, 11) is 0. The van der Waals surface area contributed by atoms with Crippen LogP contribution in [-0.4, -0.2) is 0 Å². The first kappa shape index (κ1) is 29.0. The fraction of sp³-hybridized carbons (Fsp3) is 0. The standard InChI is InChI=1S/C52H32/c1-2-14-37-33(13-1)25-26-34-27-28-35(31-49(34)37)51-45-21-9-11-23-47(45)52(48-24-12-10-22-46(48)51)36-29-30-44-42-19-6-5-17-40(42)38-15-3-4-16-39(38)41-18-7-8-20-43(41)50(44)32-36/h1-32H. The van der Waals surface area contributed by atoms with Crippen LogP contribution < -0.4 is 0 Å². The third kappa shape index (κ3) is 4.28. The second kappa shape index (κ2) is 11.4. The molecule has 0 saturated carbocycles. The number of hydrogen-bond acceptors (Lipinski definition) is 0. The molecule has 0 atom stereocenters. The summed E-state index contributed by atoms with van der Waals surface area (Å²) in [5.41, 5.74) is 15.1. The Kier molecular flexibility index (Phi) is 6.35. The fourth-order valence-electron chi connectivity index (χ4n) is 8.92. The Labute approximate surface area is 302 Å². The van der Waals surface area contributed by atoms with E-state index in [1.807, 2.05) is 0 Å². The lowest BCUT2D eigenvalue weighted by Gasteiger charge is -2.24. The average molecular weight is 657 g/mol. The van der Waals surface area contributed by atoms with Crippen LogP contribution in [0.15, 0.2) is 194 Å². The molecular weight excluding hydrogens is 625 g/mol. The van der Waals surface area contributed by atoms with Crippen LogP contribution in [0.1, 0.15) is 0 Å². The zero-order chi connectivity index (χ0) is 34.2. The molecule has 0 aliphatic heterocycles. The van der Waals surface area contributed by atoms with E-state index in [9.17, 15) is 0 Å². The van der Waals surface area contributed by atoms with Crippen molar-refractivity contribution in [2.24, 2.45) is 0 Å². The van der Waals surface area contributed by atoms with E-state index < -0.39 is 0 Å². The zero-order valence-electron chi connectivity index (χ0n) is 28.5. The van der Waals surface area contributed by atoms with Gasteiger partial charge in [-0.1, -0.05) is 182 Å². The molecule has 0 aromatic heterocycles. The van der Waals surface area contributed by atoms with E-state index in [0.717, 1.165) is 0 Å². The highest BCUT2D eigenvalue weighted by atomic mass is 14.3. The van der Waals surface area contributed by atoms with Crippen molar-refractivity contribution < 1.29 is 0 Å². The summed E-state index contributed by atoms with van der Waals surface area (Å²) >= 11 is 0. The molecule has 0 N–H and O–H groups in total. The average Bonchev–Trinajstić information content (AvgIpc) is 3.22. The Morgan fingerprint density at radius 3 is 1.02 bits per heavy atom. The molecule has 10 aromatic rings. The molecule has 1 aliphatic carbocycles. The Morgan fingerprint density at radius 1 is 0.192 bits per heavy atom. The monoisotopic (exact) mass is 656 g/mol. The largest absolute Gasteiger partial charge is 0.0616 e. The maximum absolute atomic E-state index is 2.45. The molecule has 1 aliphatic rings. The van der Waals surface area contributed by atoms with Crippen molar-refractivity contribution in [1.29, 1.82) is 0 Å². The first-order valence-electron chi connectivity index (χ1n) is 18.1. The van der Waals surface area contributed by atoms with E-state index >= 15 is 0 Å². The summed E-state index contributed by atoms with van der Waals surface area (Å²) in [5.74, 6) is 0. The van der Waals surface area contributed by atoms with E-state index in [-0.39, 0.29) is 0 Å². The molecule has 0 amide bonds. The molecule has 10 aromatic carbocycles. The first-order chi connectivity index (χ1) is 25.8. The second-order valence-corrected chi connectivity index (χ2v) is 14.0. The number of hydrogen-bond donors (Lipinski definition) is 0. The first-order valence-corrected chi connectivity index (χ1v) is 18.1. The van der Waals surface area contributed by atoms with Gasteiger partial charge >= 0.3 is 0 Å². The van der Waals surface area contributed by atoms with Gasteiger partial charge in [0.2, 0.25) is 0 Å². The minimum Gasteiger partial charge on any atom is -0.0616 e. The summed E-state index contributed by atoms with van der Waals surface area (Å²) in [5, 5.41) is 10.2. The smallest absolute Gasteiger partial charge is 0.00261 e. The van der Waals surface area contributed by atoms with Crippen molar-refractivity contribution in [3.05, 3.63) is 194 Å². The third-order valence-electron chi connectivity index (χ3n) is 11.2. The maximum Gasteiger partial charge on any atom is -0.00261 e. The topological polar surface area (TPSA) is 0 Å². The second-order valence-electron chi connectivity index (χ2n) is 14.0. The van der Waals surface area contributed by atoms with Gasteiger partial charge in [0.25, 0.3) is 0 Å². The molecule has 0 heterocycles. The van der Waals surface area contributed by atoms with Gasteiger partial charge in [0, 0.05) is 0 Å². The van der Waals surface area contributed by atoms with E-state index in [2.05, 4.69) is 194 Å². The molecule has 11 rings (SSSR count). The molecule has 0 nitrogen and oxygen atoms in total. The molecule has 0 unspecified atom stereocenters. The zero-order valence-corrected chi connectivity index (χ0v) is 28.5. The van der Waals surface area contributed by atoms with Crippen LogP contribution in [0.5, 0.6) is 0 Å². The Balaban J connectivity index is 1.21. The Morgan fingerprint density at radius 2 is 0.519 bits per heavy atom. The molecule has 0 radical (unpaired) electrons. The highest BCUT2D eigenvalue weighted by Crippen LogP contribution is 2.50. The van der Waals surface area contributed by atoms with E-state index in [1.54, 1.807) is 0 Å². The van der Waals surface area contributed by atoms with Crippen molar-refractivity contribution in [2.45, 2.75) is 0 Å². The summed E-state index contributed by atoms with van der Waals surface area (Å²) in [6.07, 6.45) is 0. The van der Waals surface area contributed by atoms with E-state index in [1.165, 1.54) is 110 Å². The number of fused-ring (bicyclic) bond motifs is 13. The van der Waals surface area contributed by atoms with Gasteiger partial charge in [-0.2, -0.15) is 0 Å². The Hall–Kier alpha value is -6.76. The fourth-order valence-corrected chi connectivity index (χ4v) is 8.92. The van der Waals surface area contributed by atoms with Crippen LogP contribution in [0.25, 0.3) is 110 Å². The minimum atomic E-state index is 1.23. The van der Waals surface area contributed by atoms with Gasteiger partial charge in [0.05, 0.1) is 0 Å². The highest BCUT2D eigenvalue weighted by Gasteiger charge is 2.23. The van der Waals surface area contributed by atoms with Crippen LogP contribution >= 0.6 is 0 Å². The van der Waals surface area contributed by atoms with Crippen LogP contribution in [0.4, 0.5) is 0 Å². The summed E-state index contributed by atoms with van der Waals surface area (Å²) in [6, 6.07) is 72.0. The summed E-state index contributed by atoms with van der Waals surface area (Å²) < 4.78 is 0. The van der Waals surface area contributed by atoms with Gasteiger partial charge in [-0.25, -0.2) is 0 Å². The van der Waals surface area contributed by atoms with Gasteiger partial charge in [0.1, 0.15) is 0 Å². The van der Waals surface area contributed by atoms with Gasteiger partial charge in [0.15, 0.2) is 0 Å². The SMILES string of the molecule is c1ccc2c(c1)-c1ccccc1-c1ccc(-c3c4ccccc4c(-c4ccc5ccc6ccccc6c5c4)c4ccccc34)cc1-c1ccccc1-2. The molecule has 0 bridgehead atoms. The third-order valence-corrected chi connectivity index (χ3v) is 11.2. The number of benzene rings is 10. The molecule has 0 saturated heterocycles. The van der Waals surface area contributed by atoms with Crippen molar-refractivity contribution in [3.63, 3.8) is 0 Å². The van der Waals surface area contributed by atoms with Gasteiger partial charge < -0.3 is 0 Å². The normalized spacial score (nSPS) is 11.8. The molecular formula is C52H32. The summed E-state index contributed by atoms with van der Waals surface area (Å²) in [4.78, 5) is 0. The van der Waals surface area contributed by atoms with Crippen LogP contribution in [-0.2, 0) is 0 Å². The molecule has 0 heteroatoms. The molecule has 0 fully saturated rings. The van der Waals surface area contributed by atoms with Crippen molar-refractivity contribution in [1.82, 2.24) is 0 Å². The minimum absolute atomic E-state index is 1.23. The van der Waals surface area contributed by atoms with Crippen molar-refractivity contribution in [3.8, 4) is 66.8 Å².